The Labute approximate surface area is 98.4 Å². The van der Waals surface area contributed by atoms with Crippen LogP contribution in [0.3, 0.4) is 0 Å². The second-order valence-electron chi connectivity index (χ2n) is 3.84. The quantitative estimate of drug-likeness (QED) is 0.854. The molecule has 1 aromatic rings. The molecule has 0 unspecified atom stereocenters. The van der Waals surface area contributed by atoms with Crippen LogP contribution in [0.2, 0.25) is 0 Å². The highest BCUT2D eigenvalue weighted by Gasteiger charge is 2.21. The maximum absolute atomic E-state index is 11.6. The minimum Gasteiger partial charge on any atom is -0.324 e. The highest BCUT2D eigenvalue weighted by molar-refractivity contribution is 9.10. The molecule has 0 radical (unpaired) electrons. The van der Waals surface area contributed by atoms with Gasteiger partial charge in [0, 0.05) is 18.2 Å². The van der Waals surface area contributed by atoms with E-state index >= 15 is 0 Å². The summed E-state index contributed by atoms with van der Waals surface area (Å²) < 4.78 is 2.46. The molecule has 0 saturated carbocycles. The largest absolute Gasteiger partial charge is 0.324 e. The molecule has 2 N–H and O–H groups in total. The molecule has 4 heteroatoms. The van der Waals surface area contributed by atoms with Gasteiger partial charge >= 0.3 is 0 Å². The molecule has 1 rings (SSSR count). The van der Waals surface area contributed by atoms with Crippen molar-refractivity contribution in [1.82, 2.24) is 4.57 Å². The summed E-state index contributed by atoms with van der Waals surface area (Å²) in [4.78, 5) is 11.6. The first-order valence-corrected chi connectivity index (χ1v) is 5.96. The average Bonchev–Trinajstić information content (AvgIpc) is 2.23. The molecule has 84 valence electrons. The molecule has 0 aliphatic rings. The number of rotatable bonds is 4. The molecule has 0 fully saturated rings. The van der Waals surface area contributed by atoms with E-state index in [0.29, 0.717) is 6.54 Å². The molecule has 0 aliphatic carbocycles. The Kier molecular flexibility index (Phi) is 4.11. The van der Waals surface area contributed by atoms with Gasteiger partial charge in [0.25, 0.3) is 5.56 Å². The summed E-state index contributed by atoms with van der Waals surface area (Å²) in [7, 11) is 0. The zero-order valence-electron chi connectivity index (χ0n) is 9.16. The van der Waals surface area contributed by atoms with E-state index < -0.39 is 0 Å². The van der Waals surface area contributed by atoms with Crippen LogP contribution in [0.4, 0.5) is 0 Å². The van der Waals surface area contributed by atoms with Crippen LogP contribution in [0.25, 0.3) is 0 Å². The third kappa shape index (κ3) is 2.92. The Balaban J connectivity index is 3.03. The number of pyridine rings is 1. The van der Waals surface area contributed by atoms with Crippen molar-refractivity contribution in [2.75, 3.05) is 0 Å². The third-order valence-electron chi connectivity index (χ3n) is 2.88. The average molecular weight is 273 g/mol. The van der Waals surface area contributed by atoms with Crippen LogP contribution in [-0.2, 0) is 6.54 Å². The lowest BCUT2D eigenvalue weighted by Gasteiger charge is -2.27. The van der Waals surface area contributed by atoms with Gasteiger partial charge in [-0.2, -0.15) is 0 Å². The summed E-state index contributed by atoms with van der Waals surface area (Å²) in [6.45, 7) is 4.65. The van der Waals surface area contributed by atoms with Crippen LogP contribution < -0.4 is 11.3 Å². The second kappa shape index (κ2) is 4.94. The van der Waals surface area contributed by atoms with Crippen LogP contribution in [0.5, 0.6) is 0 Å². The fraction of sp³-hybridized carbons (Fsp3) is 0.545. The molecule has 1 heterocycles. The predicted octanol–water partition coefficient (Wildman–Crippen LogP) is 2.13. The molecular formula is C11H17BrN2O. The Morgan fingerprint density at radius 2 is 2.00 bits per heavy atom. The van der Waals surface area contributed by atoms with Gasteiger partial charge in [-0.3, -0.25) is 4.79 Å². The van der Waals surface area contributed by atoms with Gasteiger partial charge in [-0.15, -0.1) is 0 Å². The van der Waals surface area contributed by atoms with Crippen LogP contribution in [-0.4, -0.2) is 10.1 Å². The molecule has 0 spiro atoms. The summed E-state index contributed by atoms with van der Waals surface area (Å²) in [6.07, 6.45) is 1.72. The van der Waals surface area contributed by atoms with Crippen molar-refractivity contribution in [3.05, 3.63) is 33.2 Å². The van der Waals surface area contributed by atoms with Crippen molar-refractivity contribution in [2.24, 2.45) is 5.73 Å². The molecule has 3 nitrogen and oxygen atoms in total. The highest BCUT2D eigenvalue weighted by Crippen LogP contribution is 2.16. The minimum atomic E-state index is -0.298. The first-order chi connectivity index (χ1) is 7.02. The summed E-state index contributed by atoms with van der Waals surface area (Å²) in [5.41, 5.74) is 5.88. The molecule has 0 atom stereocenters. The van der Waals surface area contributed by atoms with Gasteiger partial charge in [0.1, 0.15) is 0 Å². The van der Waals surface area contributed by atoms with Gasteiger partial charge in [0.15, 0.2) is 0 Å². The zero-order chi connectivity index (χ0) is 11.5. The zero-order valence-corrected chi connectivity index (χ0v) is 10.8. The van der Waals surface area contributed by atoms with Gasteiger partial charge in [-0.05, 0) is 34.8 Å². The first-order valence-electron chi connectivity index (χ1n) is 5.16. The minimum absolute atomic E-state index is 0.0129. The van der Waals surface area contributed by atoms with Crippen LogP contribution >= 0.6 is 15.9 Å². The Bertz CT molecular complexity index is 382. The molecule has 0 saturated heterocycles. The standard InChI is InChI=1S/C11H17BrN2O/c1-3-11(13,4-2)8-14-9(12)6-5-7-10(14)15/h5-7H,3-4,8,13H2,1-2H3. The van der Waals surface area contributed by atoms with E-state index in [1.165, 1.54) is 0 Å². The van der Waals surface area contributed by atoms with Gasteiger partial charge in [0.2, 0.25) is 0 Å². The van der Waals surface area contributed by atoms with Crippen molar-refractivity contribution in [3.8, 4) is 0 Å². The maximum Gasteiger partial charge on any atom is 0.251 e. The number of hydrogen-bond donors (Lipinski definition) is 1. The van der Waals surface area contributed by atoms with E-state index in [1.54, 1.807) is 16.7 Å². The first kappa shape index (κ1) is 12.5. The monoisotopic (exact) mass is 272 g/mol. The van der Waals surface area contributed by atoms with Gasteiger partial charge in [-0.1, -0.05) is 19.9 Å². The second-order valence-corrected chi connectivity index (χ2v) is 4.65. The van der Waals surface area contributed by atoms with Gasteiger partial charge in [0.05, 0.1) is 4.60 Å². The summed E-state index contributed by atoms with van der Waals surface area (Å²) in [5.74, 6) is 0. The summed E-state index contributed by atoms with van der Waals surface area (Å²) >= 11 is 3.37. The number of aromatic nitrogens is 1. The summed E-state index contributed by atoms with van der Waals surface area (Å²) in [6, 6.07) is 5.14. The van der Waals surface area contributed by atoms with Gasteiger partial charge in [-0.25, -0.2) is 0 Å². The lowest BCUT2D eigenvalue weighted by Crippen LogP contribution is -2.45. The van der Waals surface area contributed by atoms with E-state index in [-0.39, 0.29) is 11.1 Å². The molecule has 0 amide bonds. The normalized spacial score (nSPS) is 11.7. The van der Waals surface area contributed by atoms with Crippen molar-refractivity contribution >= 4 is 15.9 Å². The van der Waals surface area contributed by atoms with E-state index in [1.807, 2.05) is 19.9 Å². The SMILES string of the molecule is CCC(N)(CC)Cn1c(Br)cccc1=O. The van der Waals surface area contributed by atoms with Crippen molar-refractivity contribution in [3.63, 3.8) is 0 Å². The summed E-state index contributed by atoms with van der Waals surface area (Å²) in [5, 5.41) is 0. The van der Waals surface area contributed by atoms with Crippen molar-refractivity contribution in [1.29, 1.82) is 0 Å². The number of hydrogen-bond acceptors (Lipinski definition) is 2. The van der Waals surface area contributed by atoms with E-state index in [4.69, 9.17) is 5.73 Å². The van der Waals surface area contributed by atoms with Crippen molar-refractivity contribution < 1.29 is 0 Å². The number of nitrogens with two attached hydrogens (primary N) is 1. The Hall–Kier alpha value is -0.610. The van der Waals surface area contributed by atoms with Crippen molar-refractivity contribution in [2.45, 2.75) is 38.8 Å². The van der Waals surface area contributed by atoms with Crippen LogP contribution in [0.15, 0.2) is 27.6 Å². The van der Waals surface area contributed by atoms with Crippen LogP contribution in [0.1, 0.15) is 26.7 Å². The molecule has 0 aromatic carbocycles. The van der Waals surface area contributed by atoms with Gasteiger partial charge < -0.3 is 10.3 Å². The molecule has 0 aliphatic heterocycles. The van der Waals surface area contributed by atoms with E-state index in [9.17, 15) is 4.79 Å². The smallest absolute Gasteiger partial charge is 0.251 e. The van der Waals surface area contributed by atoms with E-state index in [0.717, 1.165) is 17.4 Å². The fourth-order valence-electron chi connectivity index (χ4n) is 1.44. The maximum atomic E-state index is 11.6. The van der Waals surface area contributed by atoms with Crippen LogP contribution in [0, 0.1) is 0 Å². The fourth-order valence-corrected chi connectivity index (χ4v) is 1.89. The number of halogens is 1. The lowest BCUT2D eigenvalue weighted by atomic mass is 9.94. The topological polar surface area (TPSA) is 48.0 Å². The molecular weight excluding hydrogens is 256 g/mol. The molecule has 15 heavy (non-hydrogen) atoms. The number of nitrogens with zero attached hydrogens (tertiary/aromatic N) is 1. The predicted molar refractivity (Wildman–Crippen MR) is 65.9 cm³/mol. The Morgan fingerprint density at radius 3 is 2.47 bits per heavy atom. The third-order valence-corrected chi connectivity index (χ3v) is 3.57. The Morgan fingerprint density at radius 1 is 1.40 bits per heavy atom. The van der Waals surface area contributed by atoms with E-state index in [2.05, 4.69) is 15.9 Å². The lowest BCUT2D eigenvalue weighted by molar-refractivity contribution is 0.332. The molecule has 1 aromatic heterocycles. The molecule has 0 bridgehead atoms. The highest BCUT2D eigenvalue weighted by atomic mass is 79.9.